The van der Waals surface area contributed by atoms with Crippen LogP contribution in [0.25, 0.3) is 11.3 Å². The predicted molar refractivity (Wildman–Crippen MR) is 146 cm³/mol. The van der Waals surface area contributed by atoms with Crippen molar-refractivity contribution in [2.45, 2.75) is 60.0 Å². The number of anilines is 1. The van der Waals surface area contributed by atoms with Gasteiger partial charge < -0.3 is 10.2 Å². The molecule has 0 aliphatic carbocycles. The summed E-state index contributed by atoms with van der Waals surface area (Å²) in [7, 11) is 0. The first kappa shape index (κ1) is 27.2. The number of piperidine rings is 1. The van der Waals surface area contributed by atoms with Crippen LogP contribution in [0.4, 0.5) is 5.69 Å². The Morgan fingerprint density at radius 2 is 1.52 bits per heavy atom. The summed E-state index contributed by atoms with van der Waals surface area (Å²) in [6.07, 6.45) is 4.34. The van der Waals surface area contributed by atoms with Gasteiger partial charge in [0.05, 0.1) is 5.69 Å². The van der Waals surface area contributed by atoms with Crippen LogP contribution in [0.15, 0.2) is 48.7 Å². The van der Waals surface area contributed by atoms with Crippen molar-refractivity contribution < 1.29 is 0 Å². The standard InChI is InChI=1S/C28H35N3.2ClH/c1-19-7-6-8-28(23(19)5)31(26-10-12-29-13-11-26)18-24-9-14-30-27(17-24)25-15-20(2)22(4)21(3)16-25;;/h6-9,14-17,26,29H,10-13,18H2,1-5H3;2*1H. The lowest BCUT2D eigenvalue weighted by Crippen LogP contribution is -2.43. The SMILES string of the molecule is Cc1cc(-c2cc(CN(c3cccc(C)c3C)C3CCNCC3)ccn2)cc(C)c1C.Cl.Cl. The maximum absolute atomic E-state index is 4.72. The van der Waals surface area contributed by atoms with Crippen molar-refractivity contribution in [2.75, 3.05) is 18.0 Å². The third kappa shape index (κ3) is 6.09. The minimum absolute atomic E-state index is 0. The van der Waals surface area contributed by atoms with Gasteiger partial charge in [-0.25, -0.2) is 0 Å². The van der Waals surface area contributed by atoms with Crippen molar-refractivity contribution >= 4 is 30.5 Å². The zero-order valence-electron chi connectivity index (χ0n) is 20.4. The van der Waals surface area contributed by atoms with E-state index < -0.39 is 0 Å². The smallest absolute Gasteiger partial charge is 0.0705 e. The van der Waals surface area contributed by atoms with E-state index in [1.54, 1.807) is 0 Å². The number of nitrogens with zero attached hydrogens (tertiary/aromatic N) is 2. The van der Waals surface area contributed by atoms with E-state index >= 15 is 0 Å². The maximum atomic E-state index is 4.72. The summed E-state index contributed by atoms with van der Waals surface area (Å²) in [5.74, 6) is 0. The minimum atomic E-state index is 0. The number of nitrogens with one attached hydrogen (secondary N) is 1. The van der Waals surface area contributed by atoms with Crippen LogP contribution in [0.1, 0.15) is 46.2 Å². The molecule has 0 unspecified atom stereocenters. The van der Waals surface area contributed by atoms with Crippen LogP contribution in [0, 0.1) is 34.6 Å². The number of benzene rings is 2. The minimum Gasteiger partial charge on any atom is -0.364 e. The van der Waals surface area contributed by atoms with Crippen molar-refractivity contribution in [2.24, 2.45) is 0 Å². The van der Waals surface area contributed by atoms with E-state index in [1.165, 1.54) is 57.5 Å². The number of pyridine rings is 1. The van der Waals surface area contributed by atoms with Gasteiger partial charge in [-0.2, -0.15) is 0 Å². The summed E-state index contributed by atoms with van der Waals surface area (Å²) < 4.78 is 0. The van der Waals surface area contributed by atoms with E-state index in [9.17, 15) is 0 Å². The Morgan fingerprint density at radius 1 is 0.848 bits per heavy atom. The Bertz CT molecular complexity index is 1050. The monoisotopic (exact) mass is 485 g/mol. The highest BCUT2D eigenvalue weighted by atomic mass is 35.5. The Hall–Kier alpha value is -2.07. The Kier molecular flexibility index (Phi) is 9.78. The predicted octanol–water partition coefficient (Wildman–Crippen LogP) is 6.89. The zero-order valence-corrected chi connectivity index (χ0v) is 22.1. The topological polar surface area (TPSA) is 28.2 Å². The first-order valence-electron chi connectivity index (χ1n) is 11.5. The average molecular weight is 487 g/mol. The summed E-state index contributed by atoms with van der Waals surface area (Å²) >= 11 is 0. The van der Waals surface area contributed by atoms with Gasteiger partial charge in [-0.1, -0.05) is 12.1 Å². The molecular formula is C28H37Cl2N3. The molecular weight excluding hydrogens is 449 g/mol. The normalized spacial score (nSPS) is 13.7. The third-order valence-corrected chi connectivity index (χ3v) is 7.03. The molecule has 5 heteroatoms. The van der Waals surface area contributed by atoms with Crippen LogP contribution in [0.2, 0.25) is 0 Å². The Labute approximate surface area is 211 Å². The molecule has 3 aromatic rings. The number of hydrogen-bond acceptors (Lipinski definition) is 3. The molecule has 3 nitrogen and oxygen atoms in total. The van der Waals surface area contributed by atoms with Crippen molar-refractivity contribution in [3.8, 4) is 11.3 Å². The quantitative estimate of drug-likeness (QED) is 0.426. The molecule has 4 rings (SSSR count). The average Bonchev–Trinajstić information content (AvgIpc) is 2.78. The third-order valence-electron chi connectivity index (χ3n) is 7.03. The number of rotatable bonds is 5. The first-order valence-corrected chi connectivity index (χ1v) is 11.5. The van der Waals surface area contributed by atoms with Gasteiger partial charge in [-0.05, 0) is 124 Å². The molecule has 1 saturated heterocycles. The van der Waals surface area contributed by atoms with Crippen molar-refractivity contribution in [3.05, 3.63) is 82.0 Å². The van der Waals surface area contributed by atoms with Crippen LogP contribution in [0.3, 0.4) is 0 Å². The van der Waals surface area contributed by atoms with Gasteiger partial charge in [0.25, 0.3) is 0 Å². The van der Waals surface area contributed by atoms with E-state index in [-0.39, 0.29) is 24.8 Å². The molecule has 0 amide bonds. The molecule has 1 aliphatic rings. The molecule has 0 saturated carbocycles. The lowest BCUT2D eigenvalue weighted by Gasteiger charge is -2.37. The fraction of sp³-hybridized carbons (Fsp3) is 0.393. The van der Waals surface area contributed by atoms with Crippen molar-refractivity contribution in [1.82, 2.24) is 10.3 Å². The summed E-state index contributed by atoms with van der Waals surface area (Å²) in [5, 5.41) is 3.52. The number of aryl methyl sites for hydroxylation is 3. The Balaban J connectivity index is 0.00000193. The molecule has 1 fully saturated rings. The molecule has 0 bridgehead atoms. The van der Waals surface area contributed by atoms with Gasteiger partial charge in [0, 0.05) is 30.0 Å². The van der Waals surface area contributed by atoms with Gasteiger partial charge in [0.2, 0.25) is 0 Å². The highest BCUT2D eigenvalue weighted by molar-refractivity contribution is 5.85. The molecule has 2 aromatic carbocycles. The highest BCUT2D eigenvalue weighted by Crippen LogP contribution is 2.30. The van der Waals surface area contributed by atoms with E-state index in [4.69, 9.17) is 4.98 Å². The summed E-state index contributed by atoms with van der Waals surface area (Å²) in [5.41, 5.74) is 11.7. The molecule has 178 valence electrons. The van der Waals surface area contributed by atoms with Crippen LogP contribution >= 0.6 is 24.8 Å². The van der Waals surface area contributed by atoms with Crippen molar-refractivity contribution in [3.63, 3.8) is 0 Å². The van der Waals surface area contributed by atoms with Crippen LogP contribution in [0.5, 0.6) is 0 Å². The number of hydrogen-bond donors (Lipinski definition) is 1. The van der Waals surface area contributed by atoms with Gasteiger partial charge >= 0.3 is 0 Å². The second-order valence-electron chi connectivity index (χ2n) is 9.11. The molecule has 1 N–H and O–H groups in total. The largest absolute Gasteiger partial charge is 0.364 e. The molecule has 33 heavy (non-hydrogen) atoms. The number of aromatic nitrogens is 1. The molecule has 2 heterocycles. The second-order valence-corrected chi connectivity index (χ2v) is 9.11. The summed E-state index contributed by atoms with van der Waals surface area (Å²) in [6.45, 7) is 14.1. The fourth-order valence-electron chi connectivity index (χ4n) is 4.69. The Morgan fingerprint density at radius 3 is 2.18 bits per heavy atom. The fourth-order valence-corrected chi connectivity index (χ4v) is 4.69. The zero-order chi connectivity index (χ0) is 22.0. The number of halogens is 2. The molecule has 1 aromatic heterocycles. The van der Waals surface area contributed by atoms with E-state index in [0.717, 1.165) is 25.3 Å². The van der Waals surface area contributed by atoms with Gasteiger partial charge in [-0.15, -0.1) is 24.8 Å². The lowest BCUT2D eigenvalue weighted by atomic mass is 9.97. The van der Waals surface area contributed by atoms with Gasteiger partial charge in [0.1, 0.15) is 0 Å². The molecule has 1 aliphatic heterocycles. The molecule has 0 radical (unpaired) electrons. The van der Waals surface area contributed by atoms with Crippen molar-refractivity contribution in [1.29, 1.82) is 0 Å². The van der Waals surface area contributed by atoms with Gasteiger partial charge in [0.15, 0.2) is 0 Å². The highest BCUT2D eigenvalue weighted by Gasteiger charge is 2.23. The first-order chi connectivity index (χ1) is 14.9. The van der Waals surface area contributed by atoms with Crippen LogP contribution in [-0.4, -0.2) is 24.1 Å². The van der Waals surface area contributed by atoms with Crippen LogP contribution < -0.4 is 10.2 Å². The van der Waals surface area contributed by atoms with E-state index in [1.807, 2.05) is 6.20 Å². The molecule has 0 spiro atoms. The van der Waals surface area contributed by atoms with Gasteiger partial charge in [-0.3, -0.25) is 4.98 Å². The van der Waals surface area contributed by atoms with E-state index in [2.05, 4.69) is 87.3 Å². The lowest BCUT2D eigenvalue weighted by molar-refractivity contribution is 0.428. The summed E-state index contributed by atoms with van der Waals surface area (Å²) in [4.78, 5) is 7.35. The summed E-state index contributed by atoms with van der Waals surface area (Å²) in [6, 6.07) is 16.3. The van der Waals surface area contributed by atoms with E-state index in [0.29, 0.717) is 6.04 Å². The molecule has 0 atom stereocenters. The second kappa shape index (κ2) is 11.9. The van der Waals surface area contributed by atoms with Crippen LogP contribution in [-0.2, 0) is 6.54 Å². The maximum Gasteiger partial charge on any atom is 0.0705 e.